The minimum Gasteiger partial charge on any atom is -0.271 e. The van der Waals surface area contributed by atoms with Crippen molar-refractivity contribution in [3.8, 4) is 0 Å². The second kappa shape index (κ2) is 3.00. The SMILES string of the molecule is CC1(C2CCCCC2)CC1NN. The molecule has 0 aromatic heterocycles. The molecular weight excluding hydrogens is 148 g/mol. The summed E-state index contributed by atoms with van der Waals surface area (Å²) in [6.45, 7) is 2.40. The summed E-state index contributed by atoms with van der Waals surface area (Å²) in [6.07, 6.45) is 8.51. The lowest BCUT2D eigenvalue weighted by Crippen LogP contribution is -2.32. The molecule has 0 amide bonds. The van der Waals surface area contributed by atoms with Gasteiger partial charge in [0.1, 0.15) is 0 Å². The van der Waals surface area contributed by atoms with Crippen LogP contribution >= 0.6 is 0 Å². The lowest BCUT2D eigenvalue weighted by atomic mass is 9.78. The van der Waals surface area contributed by atoms with Gasteiger partial charge in [0.25, 0.3) is 0 Å². The van der Waals surface area contributed by atoms with Crippen molar-refractivity contribution < 1.29 is 0 Å². The highest BCUT2D eigenvalue weighted by Gasteiger charge is 2.54. The van der Waals surface area contributed by atoms with Crippen LogP contribution in [0.15, 0.2) is 0 Å². The fourth-order valence-corrected chi connectivity index (χ4v) is 2.84. The third kappa shape index (κ3) is 1.27. The van der Waals surface area contributed by atoms with Crippen LogP contribution in [-0.2, 0) is 0 Å². The molecule has 2 aliphatic carbocycles. The maximum atomic E-state index is 5.47. The predicted molar refractivity (Wildman–Crippen MR) is 50.4 cm³/mol. The van der Waals surface area contributed by atoms with Gasteiger partial charge in [-0.2, -0.15) is 0 Å². The first kappa shape index (κ1) is 8.52. The largest absolute Gasteiger partial charge is 0.271 e. The predicted octanol–water partition coefficient (Wildman–Crippen LogP) is 1.81. The zero-order valence-electron chi connectivity index (χ0n) is 7.97. The van der Waals surface area contributed by atoms with Gasteiger partial charge in [-0.25, -0.2) is 0 Å². The van der Waals surface area contributed by atoms with Crippen molar-refractivity contribution in [1.29, 1.82) is 0 Å². The number of nitrogens with two attached hydrogens (primary N) is 1. The maximum absolute atomic E-state index is 5.47. The molecule has 0 aliphatic heterocycles. The van der Waals surface area contributed by atoms with E-state index in [4.69, 9.17) is 5.84 Å². The first-order valence-electron chi connectivity index (χ1n) is 5.23. The van der Waals surface area contributed by atoms with E-state index in [0.717, 1.165) is 5.92 Å². The quantitative estimate of drug-likeness (QED) is 0.487. The number of rotatable bonds is 2. The fraction of sp³-hybridized carbons (Fsp3) is 1.00. The molecule has 0 aromatic rings. The first-order chi connectivity index (χ1) is 5.77. The van der Waals surface area contributed by atoms with E-state index in [-0.39, 0.29) is 0 Å². The van der Waals surface area contributed by atoms with Gasteiger partial charge in [0.2, 0.25) is 0 Å². The van der Waals surface area contributed by atoms with Crippen molar-refractivity contribution in [3.63, 3.8) is 0 Å². The number of hydrogen-bond donors (Lipinski definition) is 2. The van der Waals surface area contributed by atoms with Gasteiger partial charge >= 0.3 is 0 Å². The van der Waals surface area contributed by atoms with Crippen LogP contribution in [0.1, 0.15) is 45.4 Å². The Hall–Kier alpha value is -0.0800. The Morgan fingerprint density at radius 1 is 1.25 bits per heavy atom. The van der Waals surface area contributed by atoms with Crippen LogP contribution in [0, 0.1) is 11.3 Å². The first-order valence-corrected chi connectivity index (χ1v) is 5.23. The highest BCUT2D eigenvalue weighted by molar-refractivity contribution is 5.07. The molecule has 0 heterocycles. The summed E-state index contributed by atoms with van der Waals surface area (Å²) in [5.74, 6) is 6.42. The summed E-state index contributed by atoms with van der Waals surface area (Å²) in [5, 5.41) is 0. The Morgan fingerprint density at radius 2 is 1.92 bits per heavy atom. The van der Waals surface area contributed by atoms with E-state index in [1.165, 1.54) is 38.5 Å². The minimum atomic E-state index is 0.551. The molecule has 0 aromatic carbocycles. The molecule has 0 radical (unpaired) electrons. The van der Waals surface area contributed by atoms with E-state index in [1.54, 1.807) is 0 Å². The van der Waals surface area contributed by atoms with Crippen molar-refractivity contribution in [3.05, 3.63) is 0 Å². The van der Waals surface area contributed by atoms with Gasteiger partial charge < -0.3 is 0 Å². The molecule has 2 atom stereocenters. The van der Waals surface area contributed by atoms with Crippen LogP contribution in [0.5, 0.6) is 0 Å². The Morgan fingerprint density at radius 3 is 2.42 bits per heavy atom. The summed E-state index contributed by atoms with van der Waals surface area (Å²) in [5.41, 5.74) is 3.48. The molecule has 3 N–H and O–H groups in total. The molecule has 0 bridgehead atoms. The Labute approximate surface area is 74.9 Å². The zero-order chi connectivity index (χ0) is 8.60. The summed E-state index contributed by atoms with van der Waals surface area (Å²) in [6, 6.07) is 0.612. The fourth-order valence-electron chi connectivity index (χ4n) is 2.84. The standard InChI is InChI=1S/C10H20N2/c1-10(7-9(10)12-11)8-5-3-2-4-6-8/h8-9,12H,2-7,11H2,1H3. The van der Waals surface area contributed by atoms with Crippen molar-refractivity contribution in [2.75, 3.05) is 0 Å². The smallest absolute Gasteiger partial charge is 0.0273 e. The number of hydrazine groups is 1. The van der Waals surface area contributed by atoms with Crippen LogP contribution in [-0.4, -0.2) is 6.04 Å². The number of nitrogens with one attached hydrogen (secondary N) is 1. The van der Waals surface area contributed by atoms with Crippen LogP contribution in [0.4, 0.5) is 0 Å². The van der Waals surface area contributed by atoms with Crippen LogP contribution < -0.4 is 11.3 Å². The molecule has 2 unspecified atom stereocenters. The molecule has 2 saturated carbocycles. The highest BCUT2D eigenvalue weighted by atomic mass is 15.3. The van der Waals surface area contributed by atoms with Gasteiger partial charge in [-0.05, 0) is 30.6 Å². The van der Waals surface area contributed by atoms with Crippen LogP contribution in [0.2, 0.25) is 0 Å². The minimum absolute atomic E-state index is 0.551. The number of hydrogen-bond acceptors (Lipinski definition) is 2. The summed E-state index contributed by atoms with van der Waals surface area (Å²) in [7, 11) is 0. The third-order valence-corrected chi connectivity index (χ3v) is 4.02. The third-order valence-electron chi connectivity index (χ3n) is 4.02. The van der Waals surface area contributed by atoms with Crippen LogP contribution in [0.25, 0.3) is 0 Å². The molecule has 0 spiro atoms. The second-order valence-corrected chi connectivity index (χ2v) is 4.76. The average Bonchev–Trinajstić information content (AvgIpc) is 2.81. The molecule has 2 heteroatoms. The normalized spacial score (nSPS) is 43.0. The van der Waals surface area contributed by atoms with Gasteiger partial charge in [-0.15, -0.1) is 0 Å². The topological polar surface area (TPSA) is 38.0 Å². The average molecular weight is 168 g/mol. The van der Waals surface area contributed by atoms with Crippen molar-refractivity contribution >= 4 is 0 Å². The monoisotopic (exact) mass is 168 g/mol. The maximum Gasteiger partial charge on any atom is 0.0273 e. The molecule has 2 rings (SSSR count). The molecule has 12 heavy (non-hydrogen) atoms. The summed E-state index contributed by atoms with van der Waals surface area (Å²) < 4.78 is 0. The van der Waals surface area contributed by atoms with E-state index in [1.807, 2.05) is 0 Å². The Kier molecular flexibility index (Phi) is 2.13. The van der Waals surface area contributed by atoms with E-state index in [2.05, 4.69) is 12.3 Å². The summed E-state index contributed by atoms with van der Waals surface area (Å²) >= 11 is 0. The molecule has 70 valence electrons. The molecule has 2 fully saturated rings. The van der Waals surface area contributed by atoms with Gasteiger partial charge in [-0.3, -0.25) is 11.3 Å². The van der Waals surface area contributed by atoms with Crippen molar-refractivity contribution in [1.82, 2.24) is 5.43 Å². The van der Waals surface area contributed by atoms with Crippen molar-refractivity contribution in [2.24, 2.45) is 17.2 Å². The van der Waals surface area contributed by atoms with Gasteiger partial charge in [-0.1, -0.05) is 26.2 Å². The van der Waals surface area contributed by atoms with Crippen molar-refractivity contribution in [2.45, 2.75) is 51.5 Å². The second-order valence-electron chi connectivity index (χ2n) is 4.76. The lowest BCUT2D eigenvalue weighted by molar-refractivity contribution is 0.232. The van der Waals surface area contributed by atoms with E-state index >= 15 is 0 Å². The van der Waals surface area contributed by atoms with E-state index in [0.29, 0.717) is 11.5 Å². The Bertz CT molecular complexity index is 163. The zero-order valence-corrected chi connectivity index (χ0v) is 7.97. The van der Waals surface area contributed by atoms with Gasteiger partial charge in [0.15, 0.2) is 0 Å². The van der Waals surface area contributed by atoms with Gasteiger partial charge in [0, 0.05) is 6.04 Å². The van der Waals surface area contributed by atoms with Crippen LogP contribution in [0.3, 0.4) is 0 Å². The summed E-state index contributed by atoms with van der Waals surface area (Å²) in [4.78, 5) is 0. The molecular formula is C10H20N2. The van der Waals surface area contributed by atoms with E-state index < -0.39 is 0 Å². The molecule has 2 nitrogen and oxygen atoms in total. The van der Waals surface area contributed by atoms with Gasteiger partial charge in [0.05, 0.1) is 0 Å². The Balaban J connectivity index is 1.91. The molecule has 2 aliphatic rings. The highest BCUT2D eigenvalue weighted by Crippen LogP contribution is 2.55. The van der Waals surface area contributed by atoms with E-state index in [9.17, 15) is 0 Å². The molecule has 0 saturated heterocycles. The lowest BCUT2D eigenvalue weighted by Gasteiger charge is -2.28.